The van der Waals surface area contributed by atoms with Crippen molar-refractivity contribution in [1.29, 1.82) is 0 Å². The summed E-state index contributed by atoms with van der Waals surface area (Å²) < 4.78 is 26.5. The second-order valence-electron chi connectivity index (χ2n) is 4.03. The first kappa shape index (κ1) is 12.1. The second-order valence-corrected chi connectivity index (χ2v) is 4.03. The van der Waals surface area contributed by atoms with Crippen LogP contribution in [0.2, 0.25) is 0 Å². The minimum Gasteiger partial charge on any atom is -0.324 e. The molecular weight excluding hydrogens is 196 g/mol. The van der Waals surface area contributed by atoms with Gasteiger partial charge in [-0.1, -0.05) is 20.3 Å². The Bertz CT molecular complexity index is 350. The quantitative estimate of drug-likeness (QED) is 0.819. The van der Waals surface area contributed by atoms with E-state index < -0.39 is 11.6 Å². The molecule has 2 atom stereocenters. The molecule has 84 valence electrons. The first-order chi connectivity index (χ1) is 6.97. The monoisotopic (exact) mass is 213 g/mol. The summed E-state index contributed by atoms with van der Waals surface area (Å²) in [7, 11) is 0. The molecule has 2 N–H and O–H groups in total. The molecule has 0 saturated heterocycles. The van der Waals surface area contributed by atoms with Crippen LogP contribution in [0.5, 0.6) is 0 Å². The van der Waals surface area contributed by atoms with Gasteiger partial charge in [-0.15, -0.1) is 0 Å². The predicted molar refractivity (Wildman–Crippen MR) is 57.5 cm³/mol. The summed E-state index contributed by atoms with van der Waals surface area (Å²) in [6, 6.07) is 2.04. The van der Waals surface area contributed by atoms with Gasteiger partial charge in [0.15, 0.2) is 0 Å². The van der Waals surface area contributed by atoms with E-state index in [9.17, 15) is 8.78 Å². The number of nitrogens with two attached hydrogens (primary N) is 1. The molecule has 0 aromatic heterocycles. The van der Waals surface area contributed by atoms with E-state index in [0.29, 0.717) is 11.1 Å². The Labute approximate surface area is 89.3 Å². The van der Waals surface area contributed by atoms with E-state index in [1.165, 1.54) is 6.07 Å². The van der Waals surface area contributed by atoms with E-state index in [2.05, 4.69) is 0 Å². The molecule has 15 heavy (non-hydrogen) atoms. The molecule has 2 unspecified atom stereocenters. The minimum atomic E-state index is -0.550. The molecule has 1 aromatic carbocycles. The van der Waals surface area contributed by atoms with Crippen LogP contribution in [0.3, 0.4) is 0 Å². The topological polar surface area (TPSA) is 26.0 Å². The van der Waals surface area contributed by atoms with Crippen molar-refractivity contribution in [2.75, 3.05) is 0 Å². The Morgan fingerprint density at radius 1 is 1.27 bits per heavy atom. The average Bonchev–Trinajstić information content (AvgIpc) is 2.21. The summed E-state index contributed by atoms with van der Waals surface area (Å²) in [6.45, 7) is 5.57. The van der Waals surface area contributed by atoms with Crippen molar-refractivity contribution in [2.24, 2.45) is 11.7 Å². The number of rotatable bonds is 3. The maximum absolute atomic E-state index is 13.5. The highest BCUT2D eigenvalue weighted by Crippen LogP contribution is 2.26. The Hall–Kier alpha value is -0.960. The van der Waals surface area contributed by atoms with Gasteiger partial charge >= 0.3 is 0 Å². The summed E-state index contributed by atoms with van der Waals surface area (Å²) in [5.74, 6) is -0.886. The third-order valence-electron chi connectivity index (χ3n) is 2.89. The van der Waals surface area contributed by atoms with Gasteiger partial charge in [0.05, 0.1) is 0 Å². The van der Waals surface area contributed by atoms with Crippen LogP contribution in [-0.2, 0) is 0 Å². The Morgan fingerprint density at radius 3 is 2.40 bits per heavy atom. The van der Waals surface area contributed by atoms with Gasteiger partial charge in [-0.3, -0.25) is 0 Å². The molecule has 1 nitrogen and oxygen atoms in total. The van der Waals surface area contributed by atoms with Crippen molar-refractivity contribution in [3.8, 4) is 0 Å². The fourth-order valence-electron chi connectivity index (χ4n) is 1.50. The largest absolute Gasteiger partial charge is 0.324 e. The highest BCUT2D eigenvalue weighted by Gasteiger charge is 2.18. The molecule has 0 aliphatic heterocycles. The first-order valence-corrected chi connectivity index (χ1v) is 5.18. The Balaban J connectivity index is 3.09. The van der Waals surface area contributed by atoms with Crippen molar-refractivity contribution in [3.63, 3.8) is 0 Å². The zero-order valence-electron chi connectivity index (χ0n) is 9.35. The first-order valence-electron chi connectivity index (χ1n) is 5.18. The molecule has 0 radical (unpaired) electrons. The van der Waals surface area contributed by atoms with E-state index in [1.54, 1.807) is 6.92 Å². The number of hydrogen-bond acceptors (Lipinski definition) is 1. The number of hydrogen-bond donors (Lipinski definition) is 1. The molecule has 0 amide bonds. The van der Waals surface area contributed by atoms with Crippen molar-refractivity contribution in [2.45, 2.75) is 33.2 Å². The van der Waals surface area contributed by atoms with E-state index in [4.69, 9.17) is 5.73 Å². The van der Waals surface area contributed by atoms with Crippen LogP contribution < -0.4 is 5.73 Å². The standard InChI is InChI=1S/C12H17F2N/c1-4-7(2)12(15)9-5-8(3)10(13)6-11(9)14/h5-7,12H,4,15H2,1-3H3. The SMILES string of the molecule is CCC(C)C(N)c1cc(C)c(F)cc1F. The number of benzene rings is 1. The van der Waals surface area contributed by atoms with Crippen LogP contribution >= 0.6 is 0 Å². The summed E-state index contributed by atoms with van der Waals surface area (Å²) >= 11 is 0. The number of aryl methyl sites for hydroxylation is 1. The maximum atomic E-state index is 13.5. The molecular formula is C12H17F2N. The van der Waals surface area contributed by atoms with Crippen LogP contribution in [0.15, 0.2) is 12.1 Å². The summed E-state index contributed by atoms with van der Waals surface area (Å²) in [5.41, 5.74) is 6.75. The smallest absolute Gasteiger partial charge is 0.130 e. The lowest BCUT2D eigenvalue weighted by Gasteiger charge is -2.19. The molecule has 0 fully saturated rings. The Kier molecular flexibility index (Phi) is 3.80. The lowest BCUT2D eigenvalue weighted by atomic mass is 9.92. The molecule has 0 aliphatic carbocycles. The second kappa shape index (κ2) is 4.71. The molecule has 0 aliphatic rings. The van der Waals surface area contributed by atoms with E-state index in [-0.39, 0.29) is 12.0 Å². The van der Waals surface area contributed by atoms with Crippen molar-refractivity contribution in [3.05, 3.63) is 34.9 Å². The molecule has 0 saturated carbocycles. The fraction of sp³-hybridized carbons (Fsp3) is 0.500. The third kappa shape index (κ3) is 2.53. The van der Waals surface area contributed by atoms with Gasteiger partial charge in [-0.05, 0) is 24.5 Å². The molecule has 1 aromatic rings. The lowest BCUT2D eigenvalue weighted by Crippen LogP contribution is -2.20. The summed E-state index contributed by atoms with van der Waals surface area (Å²) in [6.07, 6.45) is 0.872. The molecule has 3 heteroatoms. The van der Waals surface area contributed by atoms with Gasteiger partial charge in [-0.25, -0.2) is 8.78 Å². The van der Waals surface area contributed by atoms with Crippen LogP contribution in [0.4, 0.5) is 8.78 Å². The molecule has 1 rings (SSSR count). The average molecular weight is 213 g/mol. The van der Waals surface area contributed by atoms with Gasteiger partial charge < -0.3 is 5.73 Å². The van der Waals surface area contributed by atoms with Crippen molar-refractivity contribution >= 4 is 0 Å². The van der Waals surface area contributed by atoms with Crippen LogP contribution in [0, 0.1) is 24.5 Å². The Morgan fingerprint density at radius 2 is 1.87 bits per heavy atom. The van der Waals surface area contributed by atoms with Crippen molar-refractivity contribution < 1.29 is 8.78 Å². The maximum Gasteiger partial charge on any atom is 0.130 e. The lowest BCUT2D eigenvalue weighted by molar-refractivity contribution is 0.436. The van der Waals surface area contributed by atoms with E-state index >= 15 is 0 Å². The summed E-state index contributed by atoms with van der Waals surface area (Å²) in [4.78, 5) is 0. The highest BCUT2D eigenvalue weighted by atomic mass is 19.1. The van der Waals surface area contributed by atoms with Gasteiger partial charge in [0.25, 0.3) is 0 Å². The molecule has 0 spiro atoms. The predicted octanol–water partition coefficient (Wildman–Crippen LogP) is 3.32. The van der Waals surface area contributed by atoms with Gasteiger partial charge in [-0.2, -0.15) is 0 Å². The normalized spacial score (nSPS) is 15.1. The van der Waals surface area contributed by atoms with Gasteiger partial charge in [0, 0.05) is 17.7 Å². The highest BCUT2D eigenvalue weighted by molar-refractivity contribution is 5.28. The van der Waals surface area contributed by atoms with E-state index in [0.717, 1.165) is 12.5 Å². The van der Waals surface area contributed by atoms with Gasteiger partial charge in [0.2, 0.25) is 0 Å². The fourth-order valence-corrected chi connectivity index (χ4v) is 1.50. The van der Waals surface area contributed by atoms with Crippen LogP contribution in [0.25, 0.3) is 0 Å². The molecule has 0 heterocycles. The van der Waals surface area contributed by atoms with Crippen molar-refractivity contribution in [1.82, 2.24) is 0 Å². The van der Waals surface area contributed by atoms with Crippen LogP contribution in [-0.4, -0.2) is 0 Å². The molecule has 0 bridgehead atoms. The van der Waals surface area contributed by atoms with Crippen LogP contribution in [0.1, 0.15) is 37.4 Å². The zero-order chi connectivity index (χ0) is 11.6. The minimum absolute atomic E-state index is 0.185. The van der Waals surface area contributed by atoms with Gasteiger partial charge in [0.1, 0.15) is 11.6 Å². The van der Waals surface area contributed by atoms with E-state index in [1.807, 2.05) is 13.8 Å². The number of halogens is 2. The zero-order valence-corrected chi connectivity index (χ0v) is 9.35. The third-order valence-corrected chi connectivity index (χ3v) is 2.89. The summed E-state index contributed by atoms with van der Waals surface area (Å²) in [5, 5.41) is 0.